The van der Waals surface area contributed by atoms with Crippen molar-refractivity contribution in [3.63, 3.8) is 0 Å². The first-order valence-electron chi connectivity index (χ1n) is 9.57. The third-order valence-corrected chi connectivity index (χ3v) is 6.95. The molecule has 1 aromatic heterocycles. The number of hydrogen-bond acceptors (Lipinski definition) is 5. The SMILES string of the molecule is CCN1CCCC1CN=C(NCCc1ccco1)NC1CCS(=O)(=O)C1.I. The summed E-state index contributed by atoms with van der Waals surface area (Å²) < 4.78 is 28.8. The van der Waals surface area contributed by atoms with Gasteiger partial charge in [-0.05, 0) is 44.5 Å². The van der Waals surface area contributed by atoms with E-state index in [4.69, 9.17) is 9.41 Å². The fourth-order valence-electron chi connectivity index (χ4n) is 3.73. The van der Waals surface area contributed by atoms with E-state index in [0.717, 1.165) is 31.8 Å². The summed E-state index contributed by atoms with van der Waals surface area (Å²) in [6.07, 6.45) is 5.48. The highest BCUT2D eigenvalue weighted by atomic mass is 127. The van der Waals surface area contributed by atoms with E-state index < -0.39 is 9.84 Å². The molecule has 2 saturated heterocycles. The van der Waals surface area contributed by atoms with Gasteiger partial charge in [-0.3, -0.25) is 9.89 Å². The molecule has 0 aromatic carbocycles. The highest BCUT2D eigenvalue weighted by Gasteiger charge is 2.29. The highest BCUT2D eigenvalue weighted by Crippen LogP contribution is 2.17. The molecule has 154 valence electrons. The van der Waals surface area contributed by atoms with Crippen molar-refractivity contribution in [3.05, 3.63) is 24.2 Å². The second-order valence-corrected chi connectivity index (χ2v) is 9.34. The largest absolute Gasteiger partial charge is 0.469 e. The maximum absolute atomic E-state index is 11.7. The van der Waals surface area contributed by atoms with Crippen LogP contribution in [0.5, 0.6) is 0 Å². The second kappa shape index (κ2) is 10.7. The standard InChI is InChI=1S/C18H30N4O3S.HI/c1-2-22-10-3-5-16(22)13-20-18(19-9-7-17-6-4-11-25-17)21-15-8-12-26(23,24)14-15;/h4,6,11,15-16H,2-3,5,7-10,12-14H2,1H3,(H2,19,20,21);1H. The molecular formula is C18H31IN4O3S. The molecule has 2 aliphatic rings. The van der Waals surface area contributed by atoms with E-state index in [1.165, 1.54) is 12.8 Å². The van der Waals surface area contributed by atoms with E-state index in [-0.39, 0.29) is 41.5 Å². The molecule has 2 unspecified atom stereocenters. The zero-order chi connectivity index (χ0) is 18.4. The minimum atomic E-state index is -2.91. The molecule has 0 saturated carbocycles. The molecule has 0 radical (unpaired) electrons. The summed E-state index contributed by atoms with van der Waals surface area (Å²) >= 11 is 0. The number of nitrogens with one attached hydrogen (secondary N) is 2. The van der Waals surface area contributed by atoms with Crippen molar-refractivity contribution in [1.29, 1.82) is 0 Å². The Labute approximate surface area is 179 Å². The van der Waals surface area contributed by atoms with Gasteiger partial charge in [0.25, 0.3) is 0 Å². The van der Waals surface area contributed by atoms with Crippen LogP contribution in [0.3, 0.4) is 0 Å². The third kappa shape index (κ3) is 6.94. The van der Waals surface area contributed by atoms with Gasteiger partial charge < -0.3 is 15.1 Å². The van der Waals surface area contributed by atoms with Gasteiger partial charge in [0.1, 0.15) is 5.76 Å². The maximum atomic E-state index is 11.7. The summed E-state index contributed by atoms with van der Waals surface area (Å²) in [6.45, 7) is 5.82. The molecule has 2 N–H and O–H groups in total. The molecule has 2 aliphatic heterocycles. The van der Waals surface area contributed by atoms with Gasteiger partial charge in [0, 0.05) is 25.0 Å². The van der Waals surface area contributed by atoms with E-state index in [0.29, 0.717) is 25.0 Å². The number of nitrogens with zero attached hydrogens (tertiary/aromatic N) is 2. The van der Waals surface area contributed by atoms with E-state index in [1.54, 1.807) is 6.26 Å². The normalized spacial score (nSPS) is 25.3. The van der Waals surface area contributed by atoms with Crippen molar-refractivity contribution in [2.75, 3.05) is 37.7 Å². The zero-order valence-corrected chi connectivity index (χ0v) is 19.0. The average molecular weight is 510 g/mol. The molecule has 0 bridgehead atoms. The molecular weight excluding hydrogens is 479 g/mol. The Balaban J connectivity index is 0.00000261. The highest BCUT2D eigenvalue weighted by molar-refractivity contribution is 14.0. The quantitative estimate of drug-likeness (QED) is 0.330. The van der Waals surface area contributed by atoms with Gasteiger partial charge in [0.05, 0.1) is 24.3 Å². The first-order chi connectivity index (χ1) is 12.6. The van der Waals surface area contributed by atoms with E-state index >= 15 is 0 Å². The van der Waals surface area contributed by atoms with Crippen molar-refractivity contribution >= 4 is 39.8 Å². The number of halogens is 1. The summed E-state index contributed by atoms with van der Waals surface area (Å²) in [5.74, 6) is 2.09. The van der Waals surface area contributed by atoms with E-state index in [1.807, 2.05) is 12.1 Å². The van der Waals surface area contributed by atoms with Gasteiger partial charge in [-0.2, -0.15) is 0 Å². The van der Waals surface area contributed by atoms with Crippen molar-refractivity contribution in [2.45, 2.75) is 44.7 Å². The lowest BCUT2D eigenvalue weighted by atomic mass is 10.2. The number of likely N-dealkylation sites (tertiary alicyclic amines) is 1. The fourth-order valence-corrected chi connectivity index (χ4v) is 5.40. The molecule has 0 aliphatic carbocycles. The van der Waals surface area contributed by atoms with Crippen molar-refractivity contribution < 1.29 is 12.8 Å². The van der Waals surface area contributed by atoms with Crippen LogP contribution >= 0.6 is 24.0 Å². The van der Waals surface area contributed by atoms with Crippen LogP contribution in [0.4, 0.5) is 0 Å². The van der Waals surface area contributed by atoms with Gasteiger partial charge >= 0.3 is 0 Å². The molecule has 3 heterocycles. The summed E-state index contributed by atoms with van der Waals surface area (Å²) in [6, 6.07) is 4.26. The number of aliphatic imine (C=N–C) groups is 1. The van der Waals surface area contributed by atoms with Crippen molar-refractivity contribution in [3.8, 4) is 0 Å². The Morgan fingerprint density at radius 1 is 1.41 bits per heavy atom. The van der Waals surface area contributed by atoms with Gasteiger partial charge in [-0.1, -0.05) is 6.92 Å². The molecule has 2 atom stereocenters. The Bertz CT molecular complexity index is 693. The van der Waals surface area contributed by atoms with Crippen LogP contribution in [0, 0.1) is 0 Å². The summed E-state index contributed by atoms with van der Waals surface area (Å²) in [7, 11) is -2.91. The second-order valence-electron chi connectivity index (χ2n) is 7.11. The summed E-state index contributed by atoms with van der Waals surface area (Å²) in [4.78, 5) is 7.22. The maximum Gasteiger partial charge on any atom is 0.191 e. The number of sulfone groups is 1. The molecule has 27 heavy (non-hydrogen) atoms. The van der Waals surface area contributed by atoms with Gasteiger partial charge in [-0.25, -0.2) is 8.42 Å². The predicted octanol–water partition coefficient (Wildman–Crippen LogP) is 1.65. The average Bonchev–Trinajstić information content (AvgIpc) is 3.33. The Morgan fingerprint density at radius 3 is 2.93 bits per heavy atom. The van der Waals surface area contributed by atoms with Gasteiger partial charge in [0.2, 0.25) is 0 Å². The molecule has 9 heteroatoms. The van der Waals surface area contributed by atoms with Gasteiger partial charge in [-0.15, -0.1) is 24.0 Å². The van der Waals surface area contributed by atoms with Gasteiger partial charge in [0.15, 0.2) is 15.8 Å². The zero-order valence-electron chi connectivity index (χ0n) is 15.9. The molecule has 3 rings (SSSR count). The lowest BCUT2D eigenvalue weighted by Gasteiger charge is -2.22. The first kappa shape index (κ1) is 22.5. The minimum Gasteiger partial charge on any atom is -0.469 e. The van der Waals surface area contributed by atoms with Crippen LogP contribution in [0.15, 0.2) is 27.8 Å². The van der Waals surface area contributed by atoms with E-state index in [9.17, 15) is 8.42 Å². The van der Waals surface area contributed by atoms with Crippen LogP contribution < -0.4 is 10.6 Å². The Morgan fingerprint density at radius 2 is 2.26 bits per heavy atom. The third-order valence-electron chi connectivity index (χ3n) is 5.18. The summed E-state index contributed by atoms with van der Waals surface area (Å²) in [5.41, 5.74) is 0. The van der Waals surface area contributed by atoms with E-state index in [2.05, 4.69) is 22.5 Å². The number of hydrogen-bond donors (Lipinski definition) is 2. The van der Waals surface area contributed by atoms with Crippen molar-refractivity contribution in [1.82, 2.24) is 15.5 Å². The van der Waals surface area contributed by atoms with Crippen LogP contribution in [0.25, 0.3) is 0 Å². The summed E-state index contributed by atoms with van der Waals surface area (Å²) in [5, 5.41) is 6.65. The molecule has 2 fully saturated rings. The minimum absolute atomic E-state index is 0. The topological polar surface area (TPSA) is 86.9 Å². The number of furan rings is 1. The smallest absolute Gasteiger partial charge is 0.191 e. The van der Waals surface area contributed by atoms with Crippen LogP contribution in [0.1, 0.15) is 31.9 Å². The number of guanidine groups is 1. The van der Waals surface area contributed by atoms with Crippen molar-refractivity contribution in [2.24, 2.45) is 4.99 Å². The Kier molecular flexibility index (Phi) is 8.87. The molecule has 7 nitrogen and oxygen atoms in total. The Hall–Kier alpha value is -0.810. The molecule has 0 spiro atoms. The number of rotatable bonds is 7. The first-order valence-corrected chi connectivity index (χ1v) is 11.4. The van der Waals surface area contributed by atoms with Crippen LogP contribution in [0.2, 0.25) is 0 Å². The molecule has 0 amide bonds. The van der Waals surface area contributed by atoms with Crippen LogP contribution in [-0.2, 0) is 16.3 Å². The van der Waals surface area contributed by atoms with Crippen LogP contribution in [-0.4, -0.2) is 69.0 Å². The number of likely N-dealkylation sites (N-methyl/N-ethyl adjacent to an activating group) is 1. The monoisotopic (exact) mass is 510 g/mol. The lowest BCUT2D eigenvalue weighted by Crippen LogP contribution is -2.45. The molecule has 1 aromatic rings. The predicted molar refractivity (Wildman–Crippen MR) is 119 cm³/mol. The fraction of sp³-hybridized carbons (Fsp3) is 0.722. The lowest BCUT2D eigenvalue weighted by molar-refractivity contribution is 0.273.